The van der Waals surface area contributed by atoms with Crippen LogP contribution in [0.1, 0.15) is 55.0 Å². The molecule has 1 aliphatic heterocycles. The number of carbonyl (C=O) groups is 1. The fourth-order valence-electron chi connectivity index (χ4n) is 5.23. The van der Waals surface area contributed by atoms with Crippen LogP contribution in [0, 0.1) is 30.0 Å². The summed E-state index contributed by atoms with van der Waals surface area (Å²) in [5.41, 5.74) is 2.78. The van der Waals surface area contributed by atoms with Gasteiger partial charge < -0.3 is 10.6 Å². The Labute approximate surface area is 194 Å². The molecule has 4 nitrogen and oxygen atoms in total. The van der Waals surface area contributed by atoms with Crippen molar-refractivity contribution in [2.75, 3.05) is 13.1 Å². The number of carbonyl (C=O) groups excluding carboxylic acids is 1. The standard InChI is InChI=1S/C28H30FN3O/c1-18-14-23(8-9-26(18)29)28(10-12-31-13-11-28)19(2)27(33)32-20(3)25-16-21(17-30)15-22-6-4-5-7-24(22)25/h4-9,14-16,19-20,31H,10-13H2,1-3H3,(H,32,33). The number of piperidine rings is 1. The SMILES string of the molecule is Cc1cc(C2(C(C)C(=O)NC(C)c3cc(C#N)cc4ccccc34)CCNCC2)ccc1F. The van der Waals surface area contributed by atoms with Gasteiger partial charge in [-0.25, -0.2) is 4.39 Å². The number of aryl methyl sites for hydroxylation is 1. The molecule has 3 aromatic rings. The molecule has 2 N–H and O–H groups in total. The molecule has 0 bridgehead atoms. The van der Waals surface area contributed by atoms with Crippen LogP contribution < -0.4 is 10.6 Å². The number of amides is 1. The van der Waals surface area contributed by atoms with Gasteiger partial charge in [0.25, 0.3) is 0 Å². The number of rotatable bonds is 5. The summed E-state index contributed by atoms with van der Waals surface area (Å²) in [6, 6.07) is 18.9. The summed E-state index contributed by atoms with van der Waals surface area (Å²) in [7, 11) is 0. The fraction of sp³-hybridized carbons (Fsp3) is 0.357. The van der Waals surface area contributed by atoms with Crippen LogP contribution in [0.5, 0.6) is 0 Å². The third-order valence-corrected chi connectivity index (χ3v) is 7.30. The molecule has 0 radical (unpaired) electrons. The maximum atomic E-state index is 14.0. The number of halogens is 1. The van der Waals surface area contributed by atoms with Crippen molar-refractivity contribution in [3.8, 4) is 6.07 Å². The van der Waals surface area contributed by atoms with Crippen LogP contribution in [-0.2, 0) is 10.2 Å². The predicted octanol–water partition coefficient (Wildman–Crippen LogP) is 5.29. The second-order valence-corrected chi connectivity index (χ2v) is 9.22. The second kappa shape index (κ2) is 9.33. The Morgan fingerprint density at radius 1 is 1.12 bits per heavy atom. The number of nitriles is 1. The van der Waals surface area contributed by atoms with Crippen molar-refractivity contribution in [2.45, 2.75) is 45.1 Å². The van der Waals surface area contributed by atoms with Gasteiger partial charge >= 0.3 is 0 Å². The van der Waals surface area contributed by atoms with Crippen LogP contribution in [-0.4, -0.2) is 19.0 Å². The van der Waals surface area contributed by atoms with E-state index in [2.05, 4.69) is 16.7 Å². The van der Waals surface area contributed by atoms with Gasteiger partial charge in [0.2, 0.25) is 5.91 Å². The van der Waals surface area contributed by atoms with Gasteiger partial charge in [-0.3, -0.25) is 4.79 Å². The van der Waals surface area contributed by atoms with E-state index in [1.54, 1.807) is 6.92 Å². The van der Waals surface area contributed by atoms with Crippen LogP contribution in [0.2, 0.25) is 0 Å². The Hall–Kier alpha value is -3.23. The second-order valence-electron chi connectivity index (χ2n) is 9.22. The van der Waals surface area contributed by atoms with E-state index in [1.165, 1.54) is 6.07 Å². The fourth-order valence-corrected chi connectivity index (χ4v) is 5.23. The molecule has 0 aliphatic carbocycles. The maximum Gasteiger partial charge on any atom is 0.224 e. The molecule has 1 fully saturated rings. The van der Waals surface area contributed by atoms with E-state index < -0.39 is 0 Å². The summed E-state index contributed by atoms with van der Waals surface area (Å²) >= 11 is 0. The number of nitrogens with zero attached hydrogens (tertiary/aromatic N) is 1. The van der Waals surface area contributed by atoms with E-state index in [4.69, 9.17) is 0 Å². The van der Waals surface area contributed by atoms with Crippen molar-refractivity contribution < 1.29 is 9.18 Å². The lowest BCUT2D eigenvalue weighted by Crippen LogP contribution is -2.49. The van der Waals surface area contributed by atoms with Crippen molar-refractivity contribution in [3.05, 3.63) is 82.7 Å². The van der Waals surface area contributed by atoms with Crippen LogP contribution in [0.15, 0.2) is 54.6 Å². The van der Waals surface area contributed by atoms with Crippen LogP contribution in [0.4, 0.5) is 4.39 Å². The molecule has 2 atom stereocenters. The van der Waals surface area contributed by atoms with E-state index in [1.807, 2.05) is 62.4 Å². The molecule has 3 aromatic carbocycles. The lowest BCUT2D eigenvalue weighted by molar-refractivity contribution is -0.127. The Kier molecular flexibility index (Phi) is 6.49. The number of hydrogen-bond donors (Lipinski definition) is 2. The molecule has 1 amide bonds. The summed E-state index contributed by atoms with van der Waals surface area (Å²) in [6.07, 6.45) is 1.63. The Morgan fingerprint density at radius 3 is 2.55 bits per heavy atom. The summed E-state index contributed by atoms with van der Waals surface area (Å²) in [4.78, 5) is 13.6. The number of nitrogens with one attached hydrogen (secondary N) is 2. The van der Waals surface area contributed by atoms with E-state index in [0.29, 0.717) is 11.1 Å². The Balaban J connectivity index is 1.65. The predicted molar refractivity (Wildman–Crippen MR) is 129 cm³/mol. The number of fused-ring (bicyclic) bond motifs is 1. The van der Waals surface area contributed by atoms with Gasteiger partial charge in [-0.15, -0.1) is 0 Å². The summed E-state index contributed by atoms with van der Waals surface area (Å²) in [5.74, 6) is -0.548. The molecular weight excluding hydrogens is 413 g/mol. The van der Waals surface area contributed by atoms with Gasteiger partial charge in [-0.05, 0) is 85.4 Å². The summed E-state index contributed by atoms with van der Waals surface area (Å²) < 4.78 is 14.0. The zero-order chi connectivity index (χ0) is 23.6. The molecule has 33 heavy (non-hydrogen) atoms. The maximum absolute atomic E-state index is 14.0. The van der Waals surface area contributed by atoms with E-state index in [-0.39, 0.29) is 29.1 Å². The monoisotopic (exact) mass is 443 g/mol. The van der Waals surface area contributed by atoms with Crippen LogP contribution in [0.25, 0.3) is 10.8 Å². The zero-order valence-electron chi connectivity index (χ0n) is 19.4. The molecular formula is C28H30FN3O. The van der Waals surface area contributed by atoms with Gasteiger partial charge in [-0.2, -0.15) is 5.26 Å². The highest BCUT2D eigenvalue weighted by Crippen LogP contribution is 2.41. The highest BCUT2D eigenvalue weighted by molar-refractivity contribution is 5.88. The van der Waals surface area contributed by atoms with Crippen LogP contribution >= 0.6 is 0 Å². The minimum absolute atomic E-state index is 0.0298. The first-order valence-electron chi connectivity index (χ1n) is 11.6. The molecule has 5 heteroatoms. The average Bonchev–Trinajstić information content (AvgIpc) is 2.84. The molecule has 0 saturated carbocycles. The molecule has 4 rings (SSSR count). The topological polar surface area (TPSA) is 64.9 Å². The van der Waals surface area contributed by atoms with Crippen molar-refractivity contribution >= 4 is 16.7 Å². The van der Waals surface area contributed by atoms with E-state index in [0.717, 1.165) is 47.8 Å². The van der Waals surface area contributed by atoms with E-state index in [9.17, 15) is 14.4 Å². The minimum atomic E-state index is -0.357. The Bertz CT molecular complexity index is 1220. The highest BCUT2D eigenvalue weighted by atomic mass is 19.1. The van der Waals surface area contributed by atoms with Crippen LogP contribution in [0.3, 0.4) is 0 Å². The third kappa shape index (κ3) is 4.36. The zero-order valence-corrected chi connectivity index (χ0v) is 19.4. The van der Waals surface area contributed by atoms with Crippen molar-refractivity contribution in [1.29, 1.82) is 5.26 Å². The van der Waals surface area contributed by atoms with Gasteiger partial charge in [0.1, 0.15) is 5.82 Å². The molecule has 1 aliphatic rings. The third-order valence-electron chi connectivity index (χ3n) is 7.30. The molecule has 2 unspecified atom stereocenters. The number of benzene rings is 3. The molecule has 0 aromatic heterocycles. The first-order chi connectivity index (χ1) is 15.9. The largest absolute Gasteiger partial charge is 0.349 e. The minimum Gasteiger partial charge on any atom is -0.349 e. The Morgan fingerprint density at radius 2 is 1.85 bits per heavy atom. The van der Waals surface area contributed by atoms with Gasteiger partial charge in [0.15, 0.2) is 0 Å². The first kappa shape index (κ1) is 22.9. The number of hydrogen-bond acceptors (Lipinski definition) is 3. The van der Waals surface area contributed by atoms with E-state index >= 15 is 0 Å². The lowest BCUT2D eigenvalue weighted by Gasteiger charge is -2.43. The normalized spacial score (nSPS) is 17.2. The van der Waals surface area contributed by atoms with Crippen molar-refractivity contribution in [2.24, 2.45) is 5.92 Å². The summed E-state index contributed by atoms with van der Waals surface area (Å²) in [6.45, 7) is 7.35. The van der Waals surface area contributed by atoms with Gasteiger partial charge in [0.05, 0.1) is 17.7 Å². The molecule has 1 heterocycles. The van der Waals surface area contributed by atoms with Gasteiger partial charge in [0, 0.05) is 11.3 Å². The summed E-state index contributed by atoms with van der Waals surface area (Å²) in [5, 5.41) is 18.1. The van der Waals surface area contributed by atoms with Crippen molar-refractivity contribution in [3.63, 3.8) is 0 Å². The lowest BCUT2D eigenvalue weighted by atomic mass is 9.64. The molecule has 0 spiro atoms. The molecule has 1 saturated heterocycles. The van der Waals surface area contributed by atoms with Crippen molar-refractivity contribution in [1.82, 2.24) is 10.6 Å². The average molecular weight is 444 g/mol. The molecule has 170 valence electrons. The smallest absolute Gasteiger partial charge is 0.224 e. The van der Waals surface area contributed by atoms with Gasteiger partial charge in [-0.1, -0.05) is 43.3 Å². The first-order valence-corrected chi connectivity index (χ1v) is 11.6. The quantitative estimate of drug-likeness (QED) is 0.563. The highest BCUT2D eigenvalue weighted by Gasteiger charge is 2.43.